The smallest absolute Gasteiger partial charge is 0.416 e. The molecule has 20 heavy (non-hydrogen) atoms. The van der Waals surface area contributed by atoms with Gasteiger partial charge in [-0.05, 0) is 30.7 Å². The molecule has 2 heterocycles. The number of hydrogen-bond acceptors (Lipinski definition) is 3. The highest BCUT2D eigenvalue weighted by Crippen LogP contribution is 2.29. The minimum absolute atomic E-state index is 0.126. The quantitative estimate of drug-likeness (QED) is 0.905. The number of halogens is 3. The van der Waals surface area contributed by atoms with Crippen LogP contribution >= 0.6 is 0 Å². The van der Waals surface area contributed by atoms with Gasteiger partial charge in [-0.3, -0.25) is 0 Å². The van der Waals surface area contributed by atoms with E-state index in [0.29, 0.717) is 12.3 Å². The summed E-state index contributed by atoms with van der Waals surface area (Å²) in [6, 6.07) is 5.30. The predicted octanol–water partition coefficient (Wildman–Crippen LogP) is 2.41. The highest BCUT2D eigenvalue weighted by Gasteiger charge is 2.33. The first-order valence-corrected chi connectivity index (χ1v) is 6.62. The fourth-order valence-corrected chi connectivity index (χ4v) is 2.55. The second-order valence-electron chi connectivity index (χ2n) is 5.11. The van der Waals surface area contributed by atoms with Crippen molar-refractivity contribution in [3.63, 3.8) is 0 Å². The minimum atomic E-state index is -4.29. The van der Waals surface area contributed by atoms with Crippen molar-refractivity contribution in [1.29, 1.82) is 0 Å². The van der Waals surface area contributed by atoms with Crippen molar-refractivity contribution in [2.45, 2.75) is 31.2 Å². The molecule has 1 N–H and O–H groups in total. The first-order chi connectivity index (χ1) is 9.52. The topological polar surface area (TPSA) is 33.6 Å². The zero-order valence-electron chi connectivity index (χ0n) is 10.8. The molecule has 3 nitrogen and oxygen atoms in total. The molecule has 2 atom stereocenters. The Balaban J connectivity index is 1.66. The first-order valence-electron chi connectivity index (χ1n) is 6.62. The van der Waals surface area contributed by atoms with E-state index in [4.69, 9.17) is 4.74 Å². The number of nitrogens with zero attached hydrogens (tertiary/aromatic N) is 1. The largest absolute Gasteiger partial charge is 0.475 e. The standard InChI is InChI=1S/C14H15F3N2O/c15-14(16,17)10-3-1-9(2-4-10)7-13-19-11-8-18-6-5-12(11)20-13/h1-4,11-12,18H,5-8H2. The lowest BCUT2D eigenvalue weighted by molar-refractivity contribution is -0.137. The molecule has 0 spiro atoms. The number of benzene rings is 1. The van der Waals surface area contributed by atoms with Crippen molar-refractivity contribution >= 4 is 5.90 Å². The second-order valence-corrected chi connectivity index (χ2v) is 5.11. The van der Waals surface area contributed by atoms with E-state index in [9.17, 15) is 13.2 Å². The van der Waals surface area contributed by atoms with Gasteiger partial charge >= 0.3 is 6.18 Å². The molecule has 6 heteroatoms. The van der Waals surface area contributed by atoms with E-state index in [1.54, 1.807) is 0 Å². The van der Waals surface area contributed by atoms with Gasteiger partial charge < -0.3 is 10.1 Å². The van der Waals surface area contributed by atoms with Gasteiger partial charge in [0.25, 0.3) is 0 Å². The van der Waals surface area contributed by atoms with Gasteiger partial charge in [-0.2, -0.15) is 13.2 Å². The Morgan fingerprint density at radius 1 is 1.25 bits per heavy atom. The van der Waals surface area contributed by atoms with Crippen LogP contribution in [0.2, 0.25) is 0 Å². The molecule has 1 fully saturated rings. The Morgan fingerprint density at radius 2 is 2.00 bits per heavy atom. The zero-order chi connectivity index (χ0) is 14.2. The molecular weight excluding hydrogens is 269 g/mol. The maximum absolute atomic E-state index is 12.5. The molecule has 2 aliphatic rings. The van der Waals surface area contributed by atoms with E-state index in [1.165, 1.54) is 12.1 Å². The summed E-state index contributed by atoms with van der Waals surface area (Å²) in [6.07, 6.45) is -2.79. The number of ether oxygens (including phenoxy) is 1. The number of rotatable bonds is 2. The van der Waals surface area contributed by atoms with Gasteiger partial charge in [0, 0.05) is 13.0 Å². The van der Waals surface area contributed by atoms with Crippen molar-refractivity contribution < 1.29 is 17.9 Å². The molecule has 2 aliphatic heterocycles. The molecule has 0 radical (unpaired) electrons. The summed E-state index contributed by atoms with van der Waals surface area (Å²) in [5.74, 6) is 0.628. The molecule has 0 amide bonds. The number of alkyl halides is 3. The lowest BCUT2D eigenvalue weighted by Crippen LogP contribution is -2.41. The van der Waals surface area contributed by atoms with Gasteiger partial charge in [0.05, 0.1) is 5.56 Å². The van der Waals surface area contributed by atoms with E-state index in [-0.39, 0.29) is 12.1 Å². The molecule has 0 bridgehead atoms. The molecule has 1 saturated heterocycles. The van der Waals surface area contributed by atoms with Crippen LogP contribution in [0.15, 0.2) is 29.3 Å². The molecule has 2 unspecified atom stereocenters. The summed E-state index contributed by atoms with van der Waals surface area (Å²) in [6.45, 7) is 1.73. The average molecular weight is 284 g/mol. The van der Waals surface area contributed by atoms with Crippen LogP contribution in [0.1, 0.15) is 17.5 Å². The van der Waals surface area contributed by atoms with Crippen LogP contribution in [0, 0.1) is 0 Å². The summed E-state index contributed by atoms with van der Waals surface area (Å²) in [4.78, 5) is 4.49. The van der Waals surface area contributed by atoms with Gasteiger partial charge in [-0.25, -0.2) is 4.99 Å². The van der Waals surface area contributed by atoms with Crippen molar-refractivity contribution in [2.75, 3.05) is 13.1 Å². The highest BCUT2D eigenvalue weighted by atomic mass is 19.4. The van der Waals surface area contributed by atoms with Crippen LogP contribution in [-0.4, -0.2) is 31.1 Å². The van der Waals surface area contributed by atoms with Gasteiger partial charge in [-0.1, -0.05) is 12.1 Å². The maximum atomic E-state index is 12.5. The molecule has 0 aliphatic carbocycles. The second kappa shape index (κ2) is 5.09. The van der Waals surface area contributed by atoms with E-state index in [0.717, 1.165) is 37.2 Å². The van der Waals surface area contributed by atoms with Gasteiger partial charge in [0.15, 0.2) is 5.90 Å². The Labute approximate surface area is 114 Å². The zero-order valence-corrected chi connectivity index (χ0v) is 10.8. The van der Waals surface area contributed by atoms with Crippen LogP contribution in [0.4, 0.5) is 13.2 Å². The maximum Gasteiger partial charge on any atom is 0.416 e. The SMILES string of the molecule is FC(F)(F)c1ccc(CC2=NC3CNCCC3O2)cc1. The Bertz CT molecular complexity index is 510. The minimum Gasteiger partial charge on any atom is -0.475 e. The van der Waals surface area contributed by atoms with Gasteiger partial charge in [0.2, 0.25) is 0 Å². The van der Waals surface area contributed by atoms with E-state index < -0.39 is 11.7 Å². The fraction of sp³-hybridized carbons (Fsp3) is 0.500. The Hall–Kier alpha value is -1.56. The average Bonchev–Trinajstić information content (AvgIpc) is 2.80. The lowest BCUT2D eigenvalue weighted by Gasteiger charge is -2.23. The van der Waals surface area contributed by atoms with Gasteiger partial charge in [0.1, 0.15) is 12.1 Å². The van der Waals surface area contributed by atoms with Crippen LogP contribution in [0.3, 0.4) is 0 Å². The molecular formula is C14H15F3N2O. The normalized spacial score (nSPS) is 25.9. The third kappa shape index (κ3) is 2.80. The fourth-order valence-electron chi connectivity index (χ4n) is 2.55. The van der Waals surface area contributed by atoms with Crippen LogP contribution in [0.25, 0.3) is 0 Å². The molecule has 1 aromatic carbocycles. The summed E-state index contributed by atoms with van der Waals surface area (Å²) in [5, 5.41) is 3.25. The molecule has 1 aromatic rings. The van der Waals surface area contributed by atoms with Crippen LogP contribution in [-0.2, 0) is 17.3 Å². The van der Waals surface area contributed by atoms with Crippen LogP contribution < -0.4 is 5.32 Å². The summed E-state index contributed by atoms with van der Waals surface area (Å²) in [5.41, 5.74) is 0.150. The van der Waals surface area contributed by atoms with Crippen molar-refractivity contribution in [2.24, 2.45) is 4.99 Å². The summed E-state index contributed by atoms with van der Waals surface area (Å²) >= 11 is 0. The Morgan fingerprint density at radius 3 is 2.65 bits per heavy atom. The highest BCUT2D eigenvalue weighted by molar-refractivity contribution is 5.80. The lowest BCUT2D eigenvalue weighted by atomic mass is 10.1. The van der Waals surface area contributed by atoms with E-state index in [2.05, 4.69) is 10.3 Å². The van der Waals surface area contributed by atoms with Crippen molar-refractivity contribution in [1.82, 2.24) is 5.32 Å². The predicted molar refractivity (Wildman–Crippen MR) is 68.7 cm³/mol. The monoisotopic (exact) mass is 284 g/mol. The summed E-state index contributed by atoms with van der Waals surface area (Å²) < 4.78 is 43.2. The van der Waals surface area contributed by atoms with Gasteiger partial charge in [-0.15, -0.1) is 0 Å². The molecule has 108 valence electrons. The van der Waals surface area contributed by atoms with Crippen molar-refractivity contribution in [3.8, 4) is 0 Å². The molecule has 3 rings (SSSR count). The molecule has 0 saturated carbocycles. The third-order valence-electron chi connectivity index (χ3n) is 3.62. The van der Waals surface area contributed by atoms with E-state index in [1.807, 2.05) is 0 Å². The third-order valence-corrected chi connectivity index (χ3v) is 3.62. The van der Waals surface area contributed by atoms with Crippen molar-refractivity contribution in [3.05, 3.63) is 35.4 Å². The summed E-state index contributed by atoms with van der Waals surface area (Å²) in [7, 11) is 0. The first kappa shape index (κ1) is 13.4. The number of fused-ring (bicyclic) bond motifs is 1. The molecule has 0 aromatic heterocycles. The van der Waals surface area contributed by atoms with E-state index >= 15 is 0 Å². The number of piperidine rings is 1. The van der Waals surface area contributed by atoms with Crippen LogP contribution in [0.5, 0.6) is 0 Å². The number of nitrogens with one attached hydrogen (secondary N) is 1. The Kier molecular flexibility index (Phi) is 3.41. The number of hydrogen-bond donors (Lipinski definition) is 1. The number of aliphatic imine (C=N–C) groups is 1.